The summed E-state index contributed by atoms with van der Waals surface area (Å²) in [4.78, 5) is 14.6. The quantitative estimate of drug-likeness (QED) is 0.441. The van der Waals surface area contributed by atoms with E-state index in [1.165, 1.54) is 11.8 Å². The standard InChI is InChI=1S/C20H27ClN4O3S/c1-3-15-13-24(10-12-28-15)18(26)14-29-20-23-22-19(25(20)9-6-11-27-2)16-7-4-5-8-17(16)21/h4-5,7-8,15H,3,6,9-14H2,1-2H3. The number of halogens is 1. The maximum atomic E-state index is 12.7. The van der Waals surface area contributed by atoms with E-state index in [0.717, 1.165) is 18.4 Å². The molecule has 1 aromatic carbocycles. The van der Waals surface area contributed by atoms with Crippen molar-refractivity contribution in [1.29, 1.82) is 0 Å². The monoisotopic (exact) mass is 438 g/mol. The van der Waals surface area contributed by atoms with Crippen LogP contribution in [0.3, 0.4) is 0 Å². The Hall–Kier alpha value is -1.61. The average Bonchev–Trinajstić information content (AvgIpc) is 3.15. The van der Waals surface area contributed by atoms with E-state index in [-0.39, 0.29) is 12.0 Å². The second kappa shape index (κ2) is 11.0. The lowest BCUT2D eigenvalue weighted by Gasteiger charge is -2.32. The maximum absolute atomic E-state index is 12.7. The number of ether oxygens (including phenoxy) is 2. The topological polar surface area (TPSA) is 69.5 Å². The van der Waals surface area contributed by atoms with Crippen molar-refractivity contribution in [2.45, 2.75) is 37.6 Å². The SMILES string of the molecule is CCC1CN(C(=O)CSc2nnc(-c3ccccc3Cl)n2CCCOC)CCO1. The summed E-state index contributed by atoms with van der Waals surface area (Å²) in [6.07, 6.45) is 1.85. The Bertz CT molecular complexity index is 817. The predicted molar refractivity (Wildman–Crippen MR) is 114 cm³/mol. The number of morpholine rings is 1. The fourth-order valence-electron chi connectivity index (χ4n) is 3.22. The van der Waals surface area contributed by atoms with Crippen LogP contribution in [0.2, 0.25) is 5.02 Å². The number of rotatable bonds is 9. The van der Waals surface area contributed by atoms with Crippen LogP contribution in [0.4, 0.5) is 0 Å². The van der Waals surface area contributed by atoms with Gasteiger partial charge in [-0.25, -0.2) is 0 Å². The molecular formula is C20H27ClN4O3S. The minimum Gasteiger partial charge on any atom is -0.385 e. The normalized spacial score (nSPS) is 16.9. The summed E-state index contributed by atoms with van der Waals surface area (Å²) in [6.45, 7) is 5.29. The van der Waals surface area contributed by atoms with Gasteiger partial charge in [0.1, 0.15) is 0 Å². The molecule has 1 unspecified atom stereocenters. The number of aromatic nitrogens is 3. The zero-order valence-electron chi connectivity index (χ0n) is 16.8. The minimum absolute atomic E-state index is 0.0995. The van der Waals surface area contributed by atoms with Gasteiger partial charge < -0.3 is 18.9 Å². The Labute approximate surface area is 180 Å². The highest BCUT2D eigenvalue weighted by Gasteiger charge is 2.24. The number of amides is 1. The van der Waals surface area contributed by atoms with Gasteiger partial charge in [0, 0.05) is 38.9 Å². The van der Waals surface area contributed by atoms with Gasteiger partial charge in [0.05, 0.1) is 23.5 Å². The number of hydrogen-bond acceptors (Lipinski definition) is 6. The van der Waals surface area contributed by atoms with Gasteiger partial charge in [-0.3, -0.25) is 4.79 Å². The third-order valence-corrected chi connectivity index (χ3v) is 6.11. The molecule has 0 spiro atoms. The lowest BCUT2D eigenvalue weighted by molar-refractivity contribution is -0.135. The molecule has 7 nitrogen and oxygen atoms in total. The van der Waals surface area contributed by atoms with E-state index in [9.17, 15) is 4.79 Å². The lowest BCUT2D eigenvalue weighted by Crippen LogP contribution is -2.46. The molecule has 9 heteroatoms. The van der Waals surface area contributed by atoms with Crippen LogP contribution in [-0.4, -0.2) is 70.8 Å². The van der Waals surface area contributed by atoms with E-state index in [4.69, 9.17) is 21.1 Å². The molecule has 0 bridgehead atoms. The summed E-state index contributed by atoms with van der Waals surface area (Å²) in [7, 11) is 1.68. The van der Waals surface area contributed by atoms with Crippen molar-refractivity contribution in [3.8, 4) is 11.4 Å². The van der Waals surface area contributed by atoms with Crippen LogP contribution in [0.15, 0.2) is 29.4 Å². The molecule has 0 N–H and O–H groups in total. The van der Waals surface area contributed by atoms with E-state index in [1.54, 1.807) is 7.11 Å². The molecule has 1 aliphatic heterocycles. The van der Waals surface area contributed by atoms with Gasteiger partial charge in [-0.1, -0.05) is 42.4 Å². The van der Waals surface area contributed by atoms with Gasteiger partial charge in [-0.2, -0.15) is 0 Å². The van der Waals surface area contributed by atoms with Crippen LogP contribution in [0, 0.1) is 0 Å². The van der Waals surface area contributed by atoms with Crippen molar-refractivity contribution < 1.29 is 14.3 Å². The molecule has 1 amide bonds. The summed E-state index contributed by atoms with van der Waals surface area (Å²) >= 11 is 7.78. The van der Waals surface area contributed by atoms with Crippen molar-refractivity contribution in [3.05, 3.63) is 29.3 Å². The van der Waals surface area contributed by atoms with Crippen LogP contribution in [0.25, 0.3) is 11.4 Å². The third-order valence-electron chi connectivity index (χ3n) is 4.83. The summed E-state index contributed by atoms with van der Waals surface area (Å²) < 4.78 is 12.9. The van der Waals surface area contributed by atoms with E-state index in [0.29, 0.717) is 54.6 Å². The molecule has 2 heterocycles. The van der Waals surface area contributed by atoms with Gasteiger partial charge in [0.2, 0.25) is 5.91 Å². The number of carbonyl (C=O) groups is 1. The number of benzene rings is 1. The Kier molecular flexibility index (Phi) is 8.35. The highest BCUT2D eigenvalue weighted by Crippen LogP contribution is 2.29. The fraction of sp³-hybridized carbons (Fsp3) is 0.550. The predicted octanol–water partition coefficient (Wildman–Crippen LogP) is 3.36. The third kappa shape index (κ3) is 5.72. The van der Waals surface area contributed by atoms with Crippen molar-refractivity contribution in [3.63, 3.8) is 0 Å². The van der Waals surface area contributed by atoms with Gasteiger partial charge in [0.25, 0.3) is 0 Å². The summed E-state index contributed by atoms with van der Waals surface area (Å²) in [5, 5.41) is 10.0. The molecule has 2 aromatic rings. The van der Waals surface area contributed by atoms with Crippen LogP contribution < -0.4 is 0 Å². The Balaban J connectivity index is 1.73. The molecule has 0 radical (unpaired) electrons. The zero-order valence-corrected chi connectivity index (χ0v) is 18.4. The molecule has 3 rings (SSSR count). The molecule has 158 valence electrons. The molecule has 1 fully saturated rings. The first-order chi connectivity index (χ1) is 14.1. The van der Waals surface area contributed by atoms with Gasteiger partial charge in [-0.15, -0.1) is 10.2 Å². The first kappa shape index (κ1) is 22.1. The summed E-state index contributed by atoms with van der Waals surface area (Å²) in [5.74, 6) is 1.13. The van der Waals surface area contributed by atoms with Gasteiger partial charge in [-0.05, 0) is 25.0 Å². The molecule has 29 heavy (non-hydrogen) atoms. The number of methoxy groups -OCH3 is 1. The van der Waals surface area contributed by atoms with E-state index in [2.05, 4.69) is 17.1 Å². The van der Waals surface area contributed by atoms with Crippen molar-refractivity contribution in [2.75, 3.05) is 39.2 Å². The summed E-state index contributed by atoms with van der Waals surface area (Å²) in [5.41, 5.74) is 0.830. The van der Waals surface area contributed by atoms with Crippen molar-refractivity contribution in [2.24, 2.45) is 0 Å². The number of thioether (sulfide) groups is 1. The van der Waals surface area contributed by atoms with Crippen LogP contribution >= 0.6 is 23.4 Å². The van der Waals surface area contributed by atoms with E-state index >= 15 is 0 Å². The Morgan fingerprint density at radius 3 is 2.97 bits per heavy atom. The Morgan fingerprint density at radius 2 is 2.21 bits per heavy atom. The molecule has 1 atom stereocenters. The van der Waals surface area contributed by atoms with Crippen LogP contribution in [0.1, 0.15) is 19.8 Å². The molecule has 0 aliphatic carbocycles. The molecule has 1 aliphatic rings. The van der Waals surface area contributed by atoms with Gasteiger partial charge >= 0.3 is 0 Å². The Morgan fingerprint density at radius 1 is 1.38 bits per heavy atom. The second-order valence-electron chi connectivity index (χ2n) is 6.81. The highest BCUT2D eigenvalue weighted by atomic mass is 35.5. The second-order valence-corrected chi connectivity index (χ2v) is 8.16. The van der Waals surface area contributed by atoms with Crippen molar-refractivity contribution in [1.82, 2.24) is 19.7 Å². The first-order valence-corrected chi connectivity index (χ1v) is 11.2. The van der Waals surface area contributed by atoms with Crippen LogP contribution in [-0.2, 0) is 20.8 Å². The van der Waals surface area contributed by atoms with Gasteiger partial charge in [0.15, 0.2) is 11.0 Å². The number of nitrogens with zero attached hydrogens (tertiary/aromatic N) is 4. The summed E-state index contributed by atoms with van der Waals surface area (Å²) in [6, 6.07) is 7.58. The molecule has 1 saturated heterocycles. The molecular weight excluding hydrogens is 412 g/mol. The minimum atomic E-state index is 0.0995. The average molecular weight is 439 g/mol. The molecule has 1 aromatic heterocycles. The molecule has 0 saturated carbocycles. The highest BCUT2D eigenvalue weighted by molar-refractivity contribution is 7.99. The number of hydrogen-bond donors (Lipinski definition) is 0. The zero-order chi connectivity index (χ0) is 20.6. The first-order valence-electron chi connectivity index (χ1n) is 9.83. The fourth-order valence-corrected chi connectivity index (χ4v) is 4.30. The maximum Gasteiger partial charge on any atom is 0.233 e. The van der Waals surface area contributed by atoms with Crippen molar-refractivity contribution >= 4 is 29.3 Å². The van der Waals surface area contributed by atoms with Crippen LogP contribution in [0.5, 0.6) is 0 Å². The van der Waals surface area contributed by atoms with E-state index < -0.39 is 0 Å². The smallest absolute Gasteiger partial charge is 0.233 e. The lowest BCUT2D eigenvalue weighted by atomic mass is 10.2. The van der Waals surface area contributed by atoms with E-state index in [1.807, 2.05) is 33.7 Å². The largest absolute Gasteiger partial charge is 0.385 e. The number of carbonyl (C=O) groups excluding carboxylic acids is 1.